The lowest BCUT2D eigenvalue weighted by atomic mass is 10.1. The first-order valence-corrected chi connectivity index (χ1v) is 17.8. The molecule has 0 aliphatic carbocycles. The predicted molar refractivity (Wildman–Crippen MR) is 146 cm³/mol. The lowest BCUT2D eigenvalue weighted by Crippen LogP contribution is -2.46. The van der Waals surface area contributed by atoms with Gasteiger partial charge in [-0.3, -0.25) is 18.1 Å². The number of pyridine rings is 1. The largest absolute Gasteiger partial charge is 0.545 e. The fourth-order valence-electron chi connectivity index (χ4n) is 4.81. The number of carboxylic acid groups (broad SMARTS) is 1. The van der Waals surface area contributed by atoms with E-state index in [2.05, 4.69) is 32.8 Å². The average Bonchev–Trinajstić information content (AvgIpc) is 3.64. The van der Waals surface area contributed by atoms with Crippen molar-refractivity contribution in [1.82, 2.24) is 19.5 Å². The van der Waals surface area contributed by atoms with E-state index in [1.54, 1.807) is 0 Å². The summed E-state index contributed by atoms with van der Waals surface area (Å²) < 4.78 is 68.1. The van der Waals surface area contributed by atoms with E-state index < -0.39 is 91.7 Å². The van der Waals surface area contributed by atoms with Crippen molar-refractivity contribution in [3.8, 4) is 0 Å². The maximum atomic E-state index is 12.5. The van der Waals surface area contributed by atoms with E-state index >= 15 is 0 Å². The monoisotopic (exact) mass is 744 g/mol. The van der Waals surface area contributed by atoms with Crippen molar-refractivity contribution in [2.45, 2.75) is 49.1 Å². The Morgan fingerprint density at radius 1 is 0.979 bits per heavy atom. The van der Waals surface area contributed by atoms with Gasteiger partial charge in [-0.05, 0) is 6.07 Å². The van der Waals surface area contributed by atoms with Crippen LogP contribution in [0.15, 0.2) is 37.2 Å². The minimum absolute atomic E-state index is 0.00464. The second-order valence-corrected chi connectivity index (χ2v) is 14.4. The molecule has 0 spiro atoms. The van der Waals surface area contributed by atoms with Crippen LogP contribution in [0.2, 0.25) is 0 Å². The summed E-state index contributed by atoms with van der Waals surface area (Å²) in [5.41, 5.74) is 5.51. The topological polar surface area (TPSA) is 362 Å². The normalized spacial score (nSPS) is 30.3. The zero-order valence-electron chi connectivity index (χ0n) is 23.8. The van der Waals surface area contributed by atoms with Crippen LogP contribution in [-0.2, 0) is 41.1 Å². The van der Waals surface area contributed by atoms with E-state index in [-0.39, 0.29) is 22.5 Å². The zero-order chi connectivity index (χ0) is 35.2. The van der Waals surface area contributed by atoms with Gasteiger partial charge in [0.15, 0.2) is 36.2 Å². The van der Waals surface area contributed by atoms with Crippen LogP contribution in [0.1, 0.15) is 22.8 Å². The molecule has 27 heteroatoms. The summed E-state index contributed by atoms with van der Waals surface area (Å²) in [5.74, 6) is -1.60. The number of rotatable bonds is 13. The Hall–Kier alpha value is -2.86. The molecule has 5 rings (SSSR count). The Labute approximate surface area is 267 Å². The number of fused-ring (bicyclic) bond motifs is 1. The van der Waals surface area contributed by atoms with Gasteiger partial charge in [0.05, 0.1) is 31.1 Å². The zero-order valence-corrected chi connectivity index (χ0v) is 26.5. The Morgan fingerprint density at radius 3 is 2.25 bits per heavy atom. The molecule has 0 amide bonds. The molecule has 10 atom stereocenters. The van der Waals surface area contributed by atoms with Gasteiger partial charge in [0.2, 0.25) is 0 Å². The predicted octanol–water partition coefficient (Wildman–Crippen LogP) is -3.63. The molecule has 0 bridgehead atoms. The number of carbonyl (C=O) groups excluding carboxylic acids is 1. The van der Waals surface area contributed by atoms with Gasteiger partial charge in [0.25, 0.3) is 6.23 Å². The number of phosphoric acid groups is 3. The summed E-state index contributed by atoms with van der Waals surface area (Å²) in [4.78, 5) is 61.8. The first kappa shape index (κ1) is 36.4. The summed E-state index contributed by atoms with van der Waals surface area (Å²) in [7, 11) is -16.3. The van der Waals surface area contributed by atoms with Gasteiger partial charge >= 0.3 is 23.5 Å². The Kier molecular flexibility index (Phi) is 10.5. The first-order chi connectivity index (χ1) is 22.4. The standard InChI is InChI=1S/C21H27N6O18P3/c22-17-12-18(24-7-23-17)27(8-25-12)20-16(44-46(33,34)35)14(29)11(43-20)6-41-48(38,39)45-47(36,37)40-5-10-13(28)15(30)19(42-10)26-3-1-2-9(4-26)21(31)32/h1-4,7-8,10-11,13-16,19-20,28-30H,5-6H2,(H6-,22,23,24,31,32,33,34,35,36,37,38,39)/t10?,11?,13-,14-,15-,16-,19?,20?/m1/s1. The number of hydrogen-bond acceptors (Lipinski definition) is 18. The number of nitrogen functional groups attached to an aromatic ring is 1. The van der Waals surface area contributed by atoms with Gasteiger partial charge in [-0.2, -0.15) is 8.88 Å². The summed E-state index contributed by atoms with van der Waals surface area (Å²) >= 11 is 0. The highest BCUT2D eigenvalue weighted by atomic mass is 31.3. The van der Waals surface area contributed by atoms with Gasteiger partial charge in [0.1, 0.15) is 42.4 Å². The number of nitrogens with two attached hydrogens (primary N) is 1. The molecule has 0 aromatic carbocycles. The molecule has 48 heavy (non-hydrogen) atoms. The molecule has 5 heterocycles. The third-order valence-corrected chi connectivity index (χ3v) is 10.1. The fraction of sp³-hybridized carbons (Fsp3) is 0.476. The molecular weight excluding hydrogens is 717 g/mol. The molecule has 0 saturated carbocycles. The van der Waals surface area contributed by atoms with E-state index in [0.717, 1.165) is 28.0 Å². The third kappa shape index (κ3) is 8.12. The number of aromatic nitrogens is 5. The molecule has 3 aromatic heterocycles. The van der Waals surface area contributed by atoms with Gasteiger partial charge in [-0.25, -0.2) is 28.6 Å². The molecule has 6 unspecified atom stereocenters. The van der Waals surface area contributed by atoms with Crippen molar-refractivity contribution in [3.63, 3.8) is 0 Å². The van der Waals surface area contributed by atoms with Crippen LogP contribution in [-0.4, -0.2) is 110 Å². The second-order valence-electron chi connectivity index (χ2n) is 10.2. The van der Waals surface area contributed by atoms with Crippen LogP contribution < -0.4 is 15.4 Å². The summed E-state index contributed by atoms with van der Waals surface area (Å²) in [5, 5.41) is 42.6. The van der Waals surface area contributed by atoms with Crippen LogP contribution in [0.5, 0.6) is 0 Å². The lowest BCUT2D eigenvalue weighted by Gasteiger charge is -2.22. The number of phosphoric ester groups is 3. The number of ether oxygens (including phenoxy) is 2. The molecule has 264 valence electrons. The van der Waals surface area contributed by atoms with Crippen molar-refractivity contribution >= 4 is 46.4 Å². The van der Waals surface area contributed by atoms with E-state index in [0.29, 0.717) is 0 Å². The number of hydrogen-bond donors (Lipinski definition) is 8. The summed E-state index contributed by atoms with van der Waals surface area (Å²) in [6.07, 6.45) is -8.95. The maximum absolute atomic E-state index is 12.5. The number of carboxylic acids is 1. The third-order valence-electron chi connectivity index (χ3n) is 6.93. The van der Waals surface area contributed by atoms with Crippen molar-refractivity contribution in [1.29, 1.82) is 0 Å². The number of aromatic carboxylic acids is 1. The number of carbonyl (C=O) groups is 1. The number of aliphatic hydroxyl groups is 3. The lowest BCUT2D eigenvalue weighted by molar-refractivity contribution is -0.765. The molecule has 2 saturated heterocycles. The Bertz CT molecular complexity index is 1810. The second kappa shape index (κ2) is 13.8. The van der Waals surface area contributed by atoms with E-state index in [9.17, 15) is 58.5 Å². The summed E-state index contributed by atoms with van der Waals surface area (Å²) in [6.45, 7) is -2.08. The minimum atomic E-state index is -5.54. The minimum Gasteiger partial charge on any atom is -0.545 e. The van der Waals surface area contributed by atoms with Crippen LogP contribution in [0.3, 0.4) is 0 Å². The maximum Gasteiger partial charge on any atom is 0.481 e. The molecular formula is C21H27N6O18P3. The highest BCUT2D eigenvalue weighted by Gasteiger charge is 2.51. The van der Waals surface area contributed by atoms with Crippen molar-refractivity contribution in [2.24, 2.45) is 0 Å². The van der Waals surface area contributed by atoms with Crippen LogP contribution in [0, 0.1) is 0 Å². The van der Waals surface area contributed by atoms with Crippen LogP contribution >= 0.6 is 23.5 Å². The average molecular weight is 744 g/mol. The number of nitrogens with zero attached hydrogens (tertiary/aromatic N) is 5. The van der Waals surface area contributed by atoms with E-state index in [4.69, 9.17) is 15.2 Å². The van der Waals surface area contributed by atoms with Gasteiger partial charge in [-0.15, -0.1) is 0 Å². The molecule has 24 nitrogen and oxygen atoms in total. The molecule has 3 aromatic rings. The molecule has 2 aliphatic heterocycles. The van der Waals surface area contributed by atoms with Crippen LogP contribution in [0.4, 0.5) is 5.82 Å². The number of aliphatic hydroxyl groups excluding tert-OH is 3. The Morgan fingerprint density at radius 2 is 1.62 bits per heavy atom. The Balaban J connectivity index is 1.21. The SMILES string of the molecule is Nc1ncnc2c1ncn2C1OC(COP(=O)(O)OP(=O)(O)OCC2OC([n+]3cccc(C(=O)[O-])c3)[C@H](O)[C@@H]2O)[C@@H](O)[C@H]1OP(=O)(O)O. The quantitative estimate of drug-likeness (QED) is 0.0618. The molecule has 2 aliphatic rings. The van der Waals surface area contributed by atoms with Gasteiger partial charge in [-0.1, -0.05) is 0 Å². The summed E-state index contributed by atoms with van der Waals surface area (Å²) in [6, 6.07) is 2.48. The van der Waals surface area contributed by atoms with Gasteiger partial charge < -0.3 is 60.0 Å². The highest BCUT2D eigenvalue weighted by molar-refractivity contribution is 7.61. The van der Waals surface area contributed by atoms with Crippen molar-refractivity contribution in [3.05, 3.63) is 42.7 Å². The fourth-order valence-corrected chi connectivity index (χ4v) is 7.44. The molecule has 9 N–H and O–H groups in total. The van der Waals surface area contributed by atoms with Crippen LogP contribution in [0.25, 0.3) is 11.2 Å². The number of anilines is 1. The van der Waals surface area contributed by atoms with E-state index in [1.807, 2.05) is 0 Å². The smallest absolute Gasteiger partial charge is 0.481 e. The van der Waals surface area contributed by atoms with Crippen molar-refractivity contribution in [2.75, 3.05) is 18.9 Å². The number of imidazole rings is 1. The van der Waals surface area contributed by atoms with E-state index in [1.165, 1.54) is 18.3 Å². The first-order valence-electron chi connectivity index (χ1n) is 13.3. The molecule has 2 fully saturated rings. The van der Waals surface area contributed by atoms with Gasteiger partial charge in [0, 0.05) is 6.07 Å². The molecule has 0 radical (unpaired) electrons. The highest BCUT2D eigenvalue weighted by Crippen LogP contribution is 2.61. The van der Waals surface area contributed by atoms with Crippen molar-refractivity contribution < 1.29 is 90.4 Å².